The molecule has 21 heavy (non-hydrogen) atoms. The van der Waals surface area contributed by atoms with Crippen molar-refractivity contribution in [2.75, 3.05) is 5.32 Å². The van der Waals surface area contributed by atoms with E-state index in [9.17, 15) is 9.90 Å². The summed E-state index contributed by atoms with van der Waals surface area (Å²) in [5.41, 5.74) is 3.29. The van der Waals surface area contributed by atoms with Crippen molar-refractivity contribution in [1.29, 1.82) is 0 Å². The Morgan fingerprint density at radius 2 is 1.95 bits per heavy atom. The Balaban J connectivity index is 1.96. The van der Waals surface area contributed by atoms with Crippen LogP contribution in [-0.4, -0.2) is 25.6 Å². The summed E-state index contributed by atoms with van der Waals surface area (Å²) < 4.78 is 1.64. The van der Waals surface area contributed by atoms with Crippen LogP contribution >= 0.6 is 0 Å². The van der Waals surface area contributed by atoms with Crippen molar-refractivity contribution in [3.05, 3.63) is 53.5 Å². The van der Waals surface area contributed by atoms with Crippen LogP contribution in [-0.2, 0) is 0 Å². The van der Waals surface area contributed by atoms with E-state index in [2.05, 4.69) is 15.4 Å². The number of aryl methyl sites for hydroxylation is 2. The van der Waals surface area contributed by atoms with Crippen LogP contribution in [0.3, 0.4) is 0 Å². The predicted octanol–water partition coefficient (Wildman–Crippen LogP) is 2.30. The number of anilines is 1. The number of aromatic hydroxyl groups is 1. The SMILES string of the molecule is Cc1cc(C)n2ncc(C(=O)Nc3ccc(O)cc3)c2n1. The van der Waals surface area contributed by atoms with Crippen LogP contribution in [0.4, 0.5) is 5.69 Å². The molecule has 1 amide bonds. The Kier molecular flexibility index (Phi) is 3.06. The largest absolute Gasteiger partial charge is 0.508 e. The standard InChI is InChI=1S/C15H14N4O2/c1-9-7-10(2)19-14(17-9)13(8-16-19)15(21)18-11-3-5-12(20)6-4-11/h3-8,20H,1-2H3,(H,18,21). The first-order chi connectivity index (χ1) is 10.0. The summed E-state index contributed by atoms with van der Waals surface area (Å²) in [6.07, 6.45) is 1.50. The van der Waals surface area contributed by atoms with Crippen LogP contribution in [0.5, 0.6) is 5.75 Å². The highest BCUT2D eigenvalue weighted by atomic mass is 16.3. The molecule has 0 radical (unpaired) electrons. The number of hydrogen-bond acceptors (Lipinski definition) is 4. The summed E-state index contributed by atoms with van der Waals surface area (Å²) in [6.45, 7) is 3.79. The van der Waals surface area contributed by atoms with Gasteiger partial charge in [-0.1, -0.05) is 0 Å². The Bertz CT molecular complexity index is 822. The fourth-order valence-electron chi connectivity index (χ4n) is 2.17. The molecule has 3 rings (SSSR count). The fourth-order valence-corrected chi connectivity index (χ4v) is 2.17. The van der Waals surface area contributed by atoms with E-state index in [0.29, 0.717) is 16.9 Å². The lowest BCUT2D eigenvalue weighted by molar-refractivity contribution is 0.102. The van der Waals surface area contributed by atoms with Crippen molar-refractivity contribution in [2.45, 2.75) is 13.8 Å². The molecule has 2 N–H and O–H groups in total. The van der Waals surface area contributed by atoms with Gasteiger partial charge in [-0.25, -0.2) is 9.50 Å². The van der Waals surface area contributed by atoms with Crippen LogP contribution < -0.4 is 5.32 Å². The number of aromatic nitrogens is 3. The smallest absolute Gasteiger partial charge is 0.261 e. The number of carbonyl (C=O) groups excluding carboxylic acids is 1. The third kappa shape index (κ3) is 2.43. The molecule has 0 unspecified atom stereocenters. The first-order valence-corrected chi connectivity index (χ1v) is 6.47. The van der Waals surface area contributed by atoms with E-state index in [1.54, 1.807) is 16.6 Å². The third-order valence-electron chi connectivity index (χ3n) is 3.15. The second-order valence-corrected chi connectivity index (χ2v) is 4.83. The molecule has 6 nitrogen and oxygen atoms in total. The van der Waals surface area contributed by atoms with Gasteiger partial charge in [-0.3, -0.25) is 4.79 Å². The van der Waals surface area contributed by atoms with Crippen molar-refractivity contribution >= 4 is 17.2 Å². The van der Waals surface area contributed by atoms with Gasteiger partial charge >= 0.3 is 0 Å². The van der Waals surface area contributed by atoms with Gasteiger partial charge < -0.3 is 10.4 Å². The summed E-state index contributed by atoms with van der Waals surface area (Å²) in [5, 5.41) is 16.2. The molecule has 0 saturated heterocycles. The van der Waals surface area contributed by atoms with Gasteiger partial charge in [-0.15, -0.1) is 0 Å². The summed E-state index contributed by atoms with van der Waals surface area (Å²) in [5.74, 6) is -0.134. The maximum absolute atomic E-state index is 12.3. The summed E-state index contributed by atoms with van der Waals surface area (Å²) in [6, 6.07) is 8.18. The summed E-state index contributed by atoms with van der Waals surface area (Å²) in [4.78, 5) is 16.7. The summed E-state index contributed by atoms with van der Waals surface area (Å²) >= 11 is 0. The molecule has 0 fully saturated rings. The minimum Gasteiger partial charge on any atom is -0.508 e. The van der Waals surface area contributed by atoms with E-state index >= 15 is 0 Å². The monoisotopic (exact) mass is 282 g/mol. The molecule has 6 heteroatoms. The van der Waals surface area contributed by atoms with Crippen LogP contribution in [0.15, 0.2) is 36.5 Å². The van der Waals surface area contributed by atoms with Gasteiger partial charge in [0.05, 0.1) is 6.20 Å². The molecule has 0 saturated carbocycles. The molecule has 0 bridgehead atoms. The zero-order valence-corrected chi connectivity index (χ0v) is 11.7. The number of carbonyl (C=O) groups is 1. The maximum atomic E-state index is 12.3. The topological polar surface area (TPSA) is 79.5 Å². The number of rotatable bonds is 2. The van der Waals surface area contributed by atoms with Gasteiger partial charge in [-0.05, 0) is 44.2 Å². The number of phenols is 1. The number of nitrogens with zero attached hydrogens (tertiary/aromatic N) is 3. The number of benzene rings is 1. The van der Waals surface area contributed by atoms with Gasteiger partial charge in [-0.2, -0.15) is 5.10 Å². The molecular formula is C15H14N4O2. The number of phenolic OH excluding ortho intramolecular Hbond substituents is 1. The molecule has 2 aromatic heterocycles. The molecule has 2 heterocycles. The van der Waals surface area contributed by atoms with Gasteiger partial charge in [0.15, 0.2) is 5.65 Å². The van der Waals surface area contributed by atoms with E-state index in [-0.39, 0.29) is 11.7 Å². The lowest BCUT2D eigenvalue weighted by atomic mass is 10.2. The zero-order valence-electron chi connectivity index (χ0n) is 11.7. The van der Waals surface area contributed by atoms with Gasteiger partial charge in [0.25, 0.3) is 5.91 Å². The minimum atomic E-state index is -0.284. The quantitative estimate of drug-likeness (QED) is 0.707. The maximum Gasteiger partial charge on any atom is 0.261 e. The number of fused-ring (bicyclic) bond motifs is 1. The lowest BCUT2D eigenvalue weighted by Crippen LogP contribution is -2.12. The molecular weight excluding hydrogens is 268 g/mol. The Morgan fingerprint density at radius 3 is 2.67 bits per heavy atom. The van der Waals surface area contributed by atoms with Gasteiger partial charge in [0.1, 0.15) is 11.3 Å². The fraction of sp³-hybridized carbons (Fsp3) is 0.133. The molecule has 0 spiro atoms. The van der Waals surface area contributed by atoms with Crippen LogP contribution in [0.2, 0.25) is 0 Å². The average Bonchev–Trinajstić information content (AvgIpc) is 2.85. The van der Waals surface area contributed by atoms with Crippen molar-refractivity contribution in [2.24, 2.45) is 0 Å². The molecule has 0 aliphatic carbocycles. The molecule has 0 aliphatic heterocycles. The molecule has 0 aliphatic rings. The number of nitrogens with one attached hydrogen (secondary N) is 1. The number of amides is 1. The predicted molar refractivity (Wildman–Crippen MR) is 78.5 cm³/mol. The van der Waals surface area contributed by atoms with E-state index in [1.807, 2.05) is 19.9 Å². The first kappa shape index (κ1) is 13.1. The van der Waals surface area contributed by atoms with Gasteiger partial charge in [0.2, 0.25) is 0 Å². The van der Waals surface area contributed by atoms with E-state index < -0.39 is 0 Å². The molecule has 106 valence electrons. The van der Waals surface area contributed by atoms with Crippen molar-refractivity contribution < 1.29 is 9.90 Å². The van der Waals surface area contributed by atoms with Crippen LogP contribution in [0, 0.1) is 13.8 Å². The van der Waals surface area contributed by atoms with Crippen molar-refractivity contribution in [3.63, 3.8) is 0 Å². The average molecular weight is 282 g/mol. The first-order valence-electron chi connectivity index (χ1n) is 6.47. The Labute approximate surface area is 121 Å². The molecule has 1 aromatic carbocycles. The minimum absolute atomic E-state index is 0.150. The number of hydrogen-bond donors (Lipinski definition) is 2. The van der Waals surface area contributed by atoms with Crippen LogP contribution in [0.1, 0.15) is 21.7 Å². The summed E-state index contributed by atoms with van der Waals surface area (Å²) in [7, 11) is 0. The van der Waals surface area contributed by atoms with Crippen molar-refractivity contribution in [3.8, 4) is 5.75 Å². The Morgan fingerprint density at radius 1 is 1.24 bits per heavy atom. The zero-order chi connectivity index (χ0) is 15.0. The second-order valence-electron chi connectivity index (χ2n) is 4.83. The highest BCUT2D eigenvalue weighted by Crippen LogP contribution is 2.17. The lowest BCUT2D eigenvalue weighted by Gasteiger charge is -2.05. The van der Waals surface area contributed by atoms with E-state index in [4.69, 9.17) is 0 Å². The second kappa shape index (κ2) is 4.90. The molecule has 0 atom stereocenters. The van der Waals surface area contributed by atoms with Crippen LogP contribution in [0.25, 0.3) is 5.65 Å². The third-order valence-corrected chi connectivity index (χ3v) is 3.15. The highest BCUT2D eigenvalue weighted by molar-refractivity contribution is 6.08. The van der Waals surface area contributed by atoms with E-state index in [0.717, 1.165) is 11.4 Å². The Hall–Kier alpha value is -2.89. The van der Waals surface area contributed by atoms with Crippen molar-refractivity contribution in [1.82, 2.24) is 14.6 Å². The normalized spacial score (nSPS) is 10.8. The van der Waals surface area contributed by atoms with Gasteiger partial charge in [0, 0.05) is 17.1 Å². The van der Waals surface area contributed by atoms with E-state index in [1.165, 1.54) is 18.3 Å². The molecule has 3 aromatic rings. The highest BCUT2D eigenvalue weighted by Gasteiger charge is 2.15.